The molecule has 7 heteroatoms. The number of aliphatic hydroxyl groups is 1. The summed E-state index contributed by atoms with van der Waals surface area (Å²) in [6.07, 6.45) is 3.49. The number of anilines is 1. The van der Waals surface area contributed by atoms with Crippen molar-refractivity contribution in [2.75, 3.05) is 11.9 Å². The van der Waals surface area contributed by atoms with Gasteiger partial charge in [-0.25, -0.2) is 4.98 Å². The fourth-order valence-corrected chi connectivity index (χ4v) is 2.98. The predicted octanol–water partition coefficient (Wildman–Crippen LogP) is 1.07. The second-order valence-electron chi connectivity index (χ2n) is 6.30. The third-order valence-electron chi connectivity index (χ3n) is 4.50. The number of benzene rings is 2. The highest BCUT2D eigenvalue weighted by Gasteiger charge is 2.17. The molecule has 0 bridgehead atoms. The second-order valence-corrected chi connectivity index (χ2v) is 6.30. The third-order valence-corrected chi connectivity index (χ3v) is 4.50. The molecule has 3 aromatic rings. The quantitative estimate of drug-likeness (QED) is 0.633. The molecular formula is C20H19N5O2. The Kier molecular flexibility index (Phi) is 4.43. The van der Waals surface area contributed by atoms with Crippen LogP contribution in [0.2, 0.25) is 0 Å². The van der Waals surface area contributed by atoms with Gasteiger partial charge in [0.1, 0.15) is 5.69 Å². The number of aliphatic hydroxyl groups excluding tert-OH is 1. The first-order chi connectivity index (χ1) is 13.2. The molecule has 2 heterocycles. The smallest absolute Gasteiger partial charge is 0.220 e. The van der Waals surface area contributed by atoms with Crippen LogP contribution in [0.1, 0.15) is 22.9 Å². The molecule has 2 aromatic carbocycles. The standard InChI is InChI=1S/C20H19N5O2/c1-25-19(27)17(10-13-7-8-16-15(9-13)11-21-24-16)22-20(25)23-18(12-26)14-5-3-2-4-6-14/h2-11,18,26-27H,12H2,1H3,(H,22,23)/t18-/m1/s1. The van der Waals surface area contributed by atoms with E-state index in [4.69, 9.17) is 0 Å². The minimum atomic E-state index is -0.322. The molecule has 1 aliphatic heterocycles. The topological polar surface area (TPSA) is 95.0 Å². The molecule has 0 unspecified atom stereocenters. The Labute approximate surface area is 155 Å². The van der Waals surface area contributed by atoms with Crippen molar-refractivity contribution in [3.05, 3.63) is 75.9 Å². The fraction of sp³-hybridized carbons (Fsp3) is 0.150. The van der Waals surface area contributed by atoms with Crippen molar-refractivity contribution in [1.29, 1.82) is 0 Å². The van der Waals surface area contributed by atoms with E-state index in [0.717, 1.165) is 21.7 Å². The molecule has 7 nitrogen and oxygen atoms in total. The molecule has 4 rings (SSSR count). The molecule has 0 fully saturated rings. The summed E-state index contributed by atoms with van der Waals surface area (Å²) in [7, 11) is 1.72. The van der Waals surface area contributed by atoms with Crippen molar-refractivity contribution in [3.63, 3.8) is 0 Å². The Bertz CT molecular complexity index is 1120. The van der Waals surface area contributed by atoms with Crippen molar-refractivity contribution < 1.29 is 10.2 Å². The van der Waals surface area contributed by atoms with E-state index in [1.807, 2.05) is 48.5 Å². The molecule has 27 heavy (non-hydrogen) atoms. The van der Waals surface area contributed by atoms with Gasteiger partial charge in [-0.15, -0.1) is 0 Å². The van der Waals surface area contributed by atoms with Gasteiger partial charge in [0.05, 0.1) is 24.2 Å². The average Bonchev–Trinajstić information content (AvgIpc) is 3.27. The molecule has 0 saturated carbocycles. The van der Waals surface area contributed by atoms with Gasteiger partial charge in [-0.2, -0.15) is 10.2 Å². The van der Waals surface area contributed by atoms with E-state index in [9.17, 15) is 10.2 Å². The lowest BCUT2D eigenvalue weighted by atomic mass is 10.1. The van der Waals surface area contributed by atoms with Crippen LogP contribution in [0.4, 0.5) is 5.95 Å². The van der Waals surface area contributed by atoms with Crippen LogP contribution in [0, 0.1) is 0 Å². The Balaban J connectivity index is 1.66. The molecule has 0 aliphatic carbocycles. The Morgan fingerprint density at radius 1 is 1.19 bits per heavy atom. The number of hydrogen-bond donors (Lipinski definition) is 3. The number of rotatable bonds is 5. The first-order valence-corrected chi connectivity index (χ1v) is 8.56. The van der Waals surface area contributed by atoms with Crippen LogP contribution < -0.4 is 15.9 Å². The zero-order valence-electron chi connectivity index (χ0n) is 14.7. The van der Waals surface area contributed by atoms with Crippen LogP contribution >= 0.6 is 0 Å². The molecule has 1 aliphatic rings. The van der Waals surface area contributed by atoms with Gasteiger partial charge in [-0.05, 0) is 29.0 Å². The number of fused-ring (bicyclic) bond motifs is 1. The van der Waals surface area contributed by atoms with Crippen molar-refractivity contribution in [2.45, 2.75) is 6.04 Å². The van der Waals surface area contributed by atoms with Crippen molar-refractivity contribution >= 4 is 18.2 Å². The van der Waals surface area contributed by atoms with Gasteiger partial charge < -0.3 is 15.5 Å². The SMILES string of the molecule is Cn1c(N[C@H](CO)c2ccccc2)nc(C=c2ccc3c(c2)C=NN=3)c1O. The van der Waals surface area contributed by atoms with Gasteiger partial charge in [0, 0.05) is 12.6 Å². The summed E-state index contributed by atoms with van der Waals surface area (Å²) in [5, 5.41) is 33.0. The minimum absolute atomic E-state index is 0.0427. The van der Waals surface area contributed by atoms with Gasteiger partial charge in [-0.1, -0.05) is 36.4 Å². The van der Waals surface area contributed by atoms with Crippen LogP contribution in [-0.2, 0) is 7.05 Å². The highest BCUT2D eigenvalue weighted by atomic mass is 16.3. The van der Waals surface area contributed by atoms with E-state index in [0.29, 0.717) is 11.6 Å². The first-order valence-electron chi connectivity index (χ1n) is 8.56. The highest BCUT2D eigenvalue weighted by molar-refractivity contribution is 5.80. The number of hydrogen-bond acceptors (Lipinski definition) is 6. The van der Waals surface area contributed by atoms with Crippen LogP contribution in [-0.4, -0.2) is 32.6 Å². The number of nitrogens with zero attached hydrogens (tertiary/aromatic N) is 4. The normalized spacial score (nSPS) is 14.1. The van der Waals surface area contributed by atoms with Crippen LogP contribution in [0.3, 0.4) is 0 Å². The minimum Gasteiger partial charge on any atom is -0.493 e. The molecule has 3 N–H and O–H groups in total. The maximum Gasteiger partial charge on any atom is 0.220 e. The number of nitrogens with one attached hydrogen (secondary N) is 1. The van der Waals surface area contributed by atoms with Crippen molar-refractivity contribution in [3.8, 4) is 5.88 Å². The van der Waals surface area contributed by atoms with E-state index in [1.165, 1.54) is 0 Å². The fourth-order valence-electron chi connectivity index (χ4n) is 2.98. The van der Waals surface area contributed by atoms with E-state index >= 15 is 0 Å². The van der Waals surface area contributed by atoms with Crippen molar-refractivity contribution in [2.24, 2.45) is 17.3 Å². The van der Waals surface area contributed by atoms with Gasteiger partial charge in [0.2, 0.25) is 11.8 Å². The molecule has 0 saturated heterocycles. The van der Waals surface area contributed by atoms with Gasteiger partial charge in [0.15, 0.2) is 0 Å². The number of aromatic hydroxyl groups is 1. The molecule has 1 aromatic heterocycles. The first kappa shape index (κ1) is 17.0. The third kappa shape index (κ3) is 3.32. The summed E-state index contributed by atoms with van der Waals surface area (Å²) in [6, 6.07) is 15.0. The largest absolute Gasteiger partial charge is 0.493 e. The van der Waals surface area contributed by atoms with Gasteiger partial charge in [-0.3, -0.25) is 4.57 Å². The maximum atomic E-state index is 10.5. The van der Waals surface area contributed by atoms with E-state index in [1.54, 1.807) is 23.9 Å². The number of imidazole rings is 1. The summed E-state index contributed by atoms with van der Waals surface area (Å²) in [5.41, 5.74) is 2.31. The summed E-state index contributed by atoms with van der Waals surface area (Å²) < 4.78 is 1.56. The summed E-state index contributed by atoms with van der Waals surface area (Å²) in [5.74, 6) is 0.514. The lowest BCUT2D eigenvalue weighted by Crippen LogP contribution is -2.17. The van der Waals surface area contributed by atoms with Gasteiger partial charge >= 0.3 is 0 Å². The molecule has 136 valence electrons. The Morgan fingerprint density at radius 2 is 2.00 bits per heavy atom. The van der Waals surface area contributed by atoms with E-state index in [2.05, 4.69) is 20.5 Å². The van der Waals surface area contributed by atoms with E-state index < -0.39 is 0 Å². The molecular weight excluding hydrogens is 342 g/mol. The molecule has 1 atom stereocenters. The van der Waals surface area contributed by atoms with Gasteiger partial charge in [0.25, 0.3) is 0 Å². The zero-order chi connectivity index (χ0) is 18.8. The second kappa shape index (κ2) is 7.05. The van der Waals surface area contributed by atoms with Crippen LogP contribution in [0.5, 0.6) is 5.88 Å². The summed E-state index contributed by atoms with van der Waals surface area (Å²) in [4.78, 5) is 4.49. The Morgan fingerprint density at radius 3 is 2.78 bits per heavy atom. The highest BCUT2D eigenvalue weighted by Crippen LogP contribution is 2.25. The van der Waals surface area contributed by atoms with Crippen molar-refractivity contribution in [1.82, 2.24) is 9.55 Å². The molecule has 0 spiro atoms. The maximum absolute atomic E-state index is 10.5. The average molecular weight is 361 g/mol. The van der Waals surface area contributed by atoms with E-state index in [-0.39, 0.29) is 18.5 Å². The summed E-state index contributed by atoms with van der Waals surface area (Å²) in [6.45, 7) is -0.0929. The summed E-state index contributed by atoms with van der Waals surface area (Å²) >= 11 is 0. The lowest BCUT2D eigenvalue weighted by molar-refractivity contribution is 0.275. The molecule has 0 radical (unpaired) electrons. The zero-order valence-corrected chi connectivity index (χ0v) is 14.7. The molecule has 0 amide bonds. The predicted molar refractivity (Wildman–Crippen MR) is 103 cm³/mol. The lowest BCUT2D eigenvalue weighted by Gasteiger charge is -2.17. The monoisotopic (exact) mass is 361 g/mol. The van der Waals surface area contributed by atoms with Crippen LogP contribution in [0.15, 0.2) is 58.7 Å². The number of aromatic nitrogens is 2. The van der Waals surface area contributed by atoms with Crippen LogP contribution in [0.25, 0.3) is 6.08 Å². The Hall–Kier alpha value is -3.45.